The van der Waals surface area contributed by atoms with E-state index in [1.54, 1.807) is 25.1 Å². The monoisotopic (exact) mass is 399 g/mol. The molecule has 4 aromatic rings. The summed E-state index contributed by atoms with van der Waals surface area (Å²) in [6.45, 7) is 1.76. The number of rotatable bonds is 3. The number of anilines is 1. The first-order chi connectivity index (χ1) is 13.0. The third kappa shape index (κ3) is 3.56. The maximum absolute atomic E-state index is 12.2. The first-order valence-electron chi connectivity index (χ1n) is 8.31. The summed E-state index contributed by atoms with van der Waals surface area (Å²) in [5, 5.41) is 5.58. The van der Waals surface area contributed by atoms with Crippen LogP contribution in [-0.4, -0.2) is 16.1 Å². The fraction of sp³-hybridized carbons (Fsp3) is 0.100. The van der Waals surface area contributed by atoms with Crippen LogP contribution in [0.2, 0.25) is 10.0 Å². The van der Waals surface area contributed by atoms with Crippen LogP contribution < -0.4 is 5.32 Å². The summed E-state index contributed by atoms with van der Waals surface area (Å²) in [6, 6.07) is 16.8. The quantitative estimate of drug-likeness (QED) is 0.422. The summed E-state index contributed by atoms with van der Waals surface area (Å²) in [7, 11) is 0. The molecule has 0 spiro atoms. The Morgan fingerprint density at radius 2 is 1.93 bits per heavy atom. The molecule has 0 aliphatic rings. The molecule has 1 amide bonds. The molecule has 27 heavy (non-hydrogen) atoms. The van der Waals surface area contributed by atoms with Gasteiger partial charge >= 0.3 is 6.09 Å². The van der Waals surface area contributed by atoms with E-state index in [2.05, 4.69) is 15.3 Å². The van der Waals surface area contributed by atoms with Crippen LogP contribution in [0.1, 0.15) is 18.9 Å². The molecule has 1 atom stereocenters. The Kier molecular flexibility index (Phi) is 4.64. The van der Waals surface area contributed by atoms with Gasteiger partial charge in [-0.3, -0.25) is 5.32 Å². The second-order valence-corrected chi connectivity index (χ2v) is 6.92. The summed E-state index contributed by atoms with van der Waals surface area (Å²) in [4.78, 5) is 20.0. The molecule has 4 rings (SSSR count). The minimum absolute atomic E-state index is 0.353. The van der Waals surface area contributed by atoms with Gasteiger partial charge in [-0.2, -0.15) is 0 Å². The van der Waals surface area contributed by atoms with Crippen LogP contribution in [0.5, 0.6) is 0 Å². The molecule has 5 nitrogen and oxygen atoms in total. The summed E-state index contributed by atoms with van der Waals surface area (Å²) in [6.07, 6.45) is -1.16. The minimum atomic E-state index is -0.605. The molecular formula is C20H15Cl2N3O2. The van der Waals surface area contributed by atoms with E-state index in [4.69, 9.17) is 27.9 Å². The van der Waals surface area contributed by atoms with Gasteiger partial charge in [0.05, 0.1) is 21.1 Å². The van der Waals surface area contributed by atoms with E-state index in [0.717, 1.165) is 21.8 Å². The van der Waals surface area contributed by atoms with Crippen LogP contribution in [-0.2, 0) is 4.74 Å². The maximum atomic E-state index is 12.2. The molecule has 0 saturated carbocycles. The summed E-state index contributed by atoms with van der Waals surface area (Å²) >= 11 is 11.8. The Hall–Kier alpha value is -2.76. The highest BCUT2D eigenvalue weighted by molar-refractivity contribution is 6.42. The van der Waals surface area contributed by atoms with Crippen LogP contribution in [0.4, 0.5) is 10.5 Å². The number of amides is 1. The Morgan fingerprint density at radius 1 is 1.11 bits per heavy atom. The highest BCUT2D eigenvalue weighted by Gasteiger charge is 2.17. The van der Waals surface area contributed by atoms with Crippen molar-refractivity contribution < 1.29 is 9.53 Å². The fourth-order valence-electron chi connectivity index (χ4n) is 2.90. The number of halogens is 2. The average molecular weight is 400 g/mol. The Morgan fingerprint density at radius 3 is 2.74 bits per heavy atom. The van der Waals surface area contributed by atoms with Gasteiger partial charge in [-0.15, -0.1) is 0 Å². The lowest BCUT2D eigenvalue weighted by Crippen LogP contribution is -2.16. The number of ether oxygens (including phenoxy) is 1. The molecule has 7 heteroatoms. The van der Waals surface area contributed by atoms with E-state index in [-0.39, 0.29) is 0 Å². The van der Waals surface area contributed by atoms with Crippen molar-refractivity contribution in [2.45, 2.75) is 13.0 Å². The van der Waals surface area contributed by atoms with Crippen molar-refractivity contribution in [1.29, 1.82) is 0 Å². The number of nitrogens with one attached hydrogen (secondary N) is 2. The van der Waals surface area contributed by atoms with Crippen molar-refractivity contribution in [2.24, 2.45) is 0 Å². The van der Waals surface area contributed by atoms with Gasteiger partial charge in [-0.25, -0.2) is 9.78 Å². The zero-order valence-corrected chi connectivity index (χ0v) is 15.8. The van der Waals surface area contributed by atoms with Gasteiger partial charge in [0.15, 0.2) is 6.10 Å². The number of hydrogen-bond acceptors (Lipinski definition) is 3. The molecule has 136 valence electrons. The van der Waals surface area contributed by atoms with E-state index in [0.29, 0.717) is 21.6 Å². The molecule has 0 radical (unpaired) electrons. The van der Waals surface area contributed by atoms with Gasteiger partial charge < -0.3 is 9.72 Å². The molecule has 0 fully saturated rings. The van der Waals surface area contributed by atoms with Crippen LogP contribution in [0.15, 0.2) is 54.6 Å². The van der Waals surface area contributed by atoms with Crippen molar-refractivity contribution >= 4 is 56.8 Å². The number of carbonyl (C=O) groups is 1. The molecule has 1 unspecified atom stereocenters. The Balaban J connectivity index is 1.53. The number of H-pyrrole nitrogens is 1. The summed E-state index contributed by atoms with van der Waals surface area (Å²) in [5.74, 6) is 0.575. The zero-order valence-electron chi connectivity index (χ0n) is 14.3. The molecule has 0 aliphatic carbocycles. The van der Waals surface area contributed by atoms with Gasteiger partial charge in [-0.1, -0.05) is 53.5 Å². The highest BCUT2D eigenvalue weighted by Crippen LogP contribution is 2.27. The Labute approximate surface area is 165 Å². The number of benzene rings is 3. The number of nitrogens with zero attached hydrogens (tertiary/aromatic N) is 1. The van der Waals surface area contributed by atoms with Gasteiger partial charge in [0.2, 0.25) is 0 Å². The summed E-state index contributed by atoms with van der Waals surface area (Å²) in [5.41, 5.74) is 2.24. The van der Waals surface area contributed by atoms with E-state index in [9.17, 15) is 4.79 Å². The summed E-state index contributed by atoms with van der Waals surface area (Å²) < 4.78 is 5.43. The fourth-order valence-corrected chi connectivity index (χ4v) is 3.20. The van der Waals surface area contributed by atoms with Crippen molar-refractivity contribution in [3.8, 4) is 0 Å². The van der Waals surface area contributed by atoms with E-state index in [1.807, 2.05) is 36.4 Å². The molecule has 0 bridgehead atoms. The number of aromatic amines is 1. The minimum Gasteiger partial charge on any atom is -0.438 e. The zero-order chi connectivity index (χ0) is 19.0. The van der Waals surface area contributed by atoms with Crippen molar-refractivity contribution in [2.75, 3.05) is 5.32 Å². The Bertz CT molecular complexity index is 1160. The SMILES string of the molecule is CC(OC(=O)Nc1ccc(Cl)c(Cl)c1)c1nc2ccc3ccccc3c2[nH]1. The molecule has 0 saturated heterocycles. The molecule has 1 heterocycles. The van der Waals surface area contributed by atoms with Crippen LogP contribution in [0, 0.1) is 0 Å². The maximum Gasteiger partial charge on any atom is 0.412 e. The van der Waals surface area contributed by atoms with Crippen LogP contribution in [0.3, 0.4) is 0 Å². The third-order valence-corrected chi connectivity index (χ3v) is 4.97. The lowest BCUT2D eigenvalue weighted by molar-refractivity contribution is 0.117. The standard InChI is InChI=1S/C20H15Cl2N3O2/c1-11(27-20(26)23-13-7-8-15(21)16(22)10-13)19-24-17-9-6-12-4-2-3-5-14(12)18(17)25-19/h2-11H,1H3,(H,23,26)(H,24,25). The van der Waals surface area contributed by atoms with Gasteiger partial charge in [0, 0.05) is 11.1 Å². The molecule has 1 aromatic heterocycles. The number of carbonyl (C=O) groups excluding carboxylic acids is 1. The number of imidazole rings is 1. The number of fused-ring (bicyclic) bond motifs is 3. The second-order valence-electron chi connectivity index (χ2n) is 6.10. The van der Waals surface area contributed by atoms with E-state index in [1.165, 1.54) is 0 Å². The highest BCUT2D eigenvalue weighted by atomic mass is 35.5. The predicted molar refractivity (Wildman–Crippen MR) is 109 cm³/mol. The molecular weight excluding hydrogens is 385 g/mol. The van der Waals surface area contributed by atoms with Crippen LogP contribution >= 0.6 is 23.2 Å². The predicted octanol–water partition coefficient (Wildman–Crippen LogP) is 6.33. The molecule has 0 aliphatic heterocycles. The average Bonchev–Trinajstić information content (AvgIpc) is 3.10. The van der Waals surface area contributed by atoms with Crippen molar-refractivity contribution in [3.63, 3.8) is 0 Å². The normalized spacial score (nSPS) is 12.3. The lowest BCUT2D eigenvalue weighted by atomic mass is 10.1. The van der Waals surface area contributed by atoms with Crippen LogP contribution in [0.25, 0.3) is 21.8 Å². The third-order valence-electron chi connectivity index (χ3n) is 4.24. The first-order valence-corrected chi connectivity index (χ1v) is 9.07. The van der Waals surface area contributed by atoms with E-state index >= 15 is 0 Å². The topological polar surface area (TPSA) is 67.0 Å². The van der Waals surface area contributed by atoms with E-state index < -0.39 is 12.2 Å². The van der Waals surface area contributed by atoms with Gasteiger partial charge in [0.1, 0.15) is 5.82 Å². The van der Waals surface area contributed by atoms with Crippen molar-refractivity contribution in [1.82, 2.24) is 9.97 Å². The lowest BCUT2D eigenvalue weighted by Gasteiger charge is -2.12. The van der Waals surface area contributed by atoms with Gasteiger partial charge in [-0.05, 0) is 36.6 Å². The number of aromatic nitrogens is 2. The van der Waals surface area contributed by atoms with Gasteiger partial charge in [0.25, 0.3) is 0 Å². The smallest absolute Gasteiger partial charge is 0.412 e. The molecule has 2 N–H and O–H groups in total. The largest absolute Gasteiger partial charge is 0.438 e. The van der Waals surface area contributed by atoms with Crippen molar-refractivity contribution in [3.05, 3.63) is 70.5 Å². The first kappa shape index (κ1) is 17.6. The second kappa shape index (κ2) is 7.10. The number of hydrogen-bond donors (Lipinski definition) is 2. The molecule has 3 aromatic carbocycles.